The minimum Gasteiger partial charge on any atom is -0.461 e. The van der Waals surface area contributed by atoms with Crippen molar-refractivity contribution in [3.8, 4) is 0 Å². The molecule has 1 fully saturated rings. The minimum atomic E-state index is -1.08. The summed E-state index contributed by atoms with van der Waals surface area (Å²) in [6.07, 6.45) is 2.05. The molecule has 3 rings (SSSR count). The number of carbonyl (C=O) groups is 1. The predicted octanol–water partition coefficient (Wildman–Crippen LogP) is 3.24. The van der Waals surface area contributed by atoms with Gasteiger partial charge < -0.3 is 14.6 Å². The van der Waals surface area contributed by atoms with E-state index in [9.17, 15) is 9.90 Å². The Labute approximate surface area is 142 Å². The van der Waals surface area contributed by atoms with Crippen molar-refractivity contribution in [1.29, 1.82) is 0 Å². The fourth-order valence-electron chi connectivity index (χ4n) is 2.82. The van der Waals surface area contributed by atoms with Gasteiger partial charge in [0.25, 0.3) is 0 Å². The van der Waals surface area contributed by atoms with Gasteiger partial charge in [0.2, 0.25) is 0 Å². The number of methoxy groups -OCH3 is 1. The third-order valence-corrected chi connectivity index (χ3v) is 4.26. The van der Waals surface area contributed by atoms with E-state index in [4.69, 9.17) is 9.47 Å². The number of ether oxygens (including phenoxy) is 2. The van der Waals surface area contributed by atoms with Crippen LogP contribution in [0.5, 0.6) is 0 Å². The van der Waals surface area contributed by atoms with Crippen molar-refractivity contribution in [1.82, 2.24) is 0 Å². The summed E-state index contributed by atoms with van der Waals surface area (Å²) in [4.78, 5) is 12.1. The molecule has 2 atom stereocenters. The molecule has 1 saturated carbocycles. The lowest BCUT2D eigenvalue weighted by atomic mass is 9.78. The Bertz CT molecular complexity index is 748. The lowest BCUT2D eigenvalue weighted by Gasteiger charge is -2.35. The minimum absolute atomic E-state index is 0.214. The highest BCUT2D eigenvalue weighted by atomic mass is 16.5. The number of rotatable bonds is 2. The van der Waals surface area contributed by atoms with Crippen molar-refractivity contribution in [3.63, 3.8) is 0 Å². The lowest BCUT2D eigenvalue weighted by molar-refractivity contribution is -0.141. The number of allylic oxidation sites excluding steroid dienone is 4. The van der Waals surface area contributed by atoms with Gasteiger partial charge in [-0.2, -0.15) is 0 Å². The van der Waals surface area contributed by atoms with E-state index in [1.165, 1.54) is 7.11 Å². The quantitative estimate of drug-likeness (QED) is 0.848. The van der Waals surface area contributed by atoms with Crippen molar-refractivity contribution in [2.45, 2.75) is 33.0 Å². The van der Waals surface area contributed by atoms with E-state index >= 15 is 0 Å². The smallest absolute Gasteiger partial charge is 0.193 e. The van der Waals surface area contributed by atoms with E-state index in [0.717, 1.165) is 16.9 Å². The topological polar surface area (TPSA) is 55.8 Å². The fraction of sp³-hybridized carbons (Fsp3) is 0.350. The molecule has 0 spiro atoms. The van der Waals surface area contributed by atoms with E-state index in [2.05, 4.69) is 20.8 Å². The Morgan fingerprint density at radius 1 is 1.12 bits per heavy atom. The van der Waals surface area contributed by atoms with Crippen LogP contribution in [-0.4, -0.2) is 30.2 Å². The molecule has 126 valence electrons. The van der Waals surface area contributed by atoms with Crippen LogP contribution in [0.3, 0.4) is 0 Å². The van der Waals surface area contributed by atoms with Crippen LogP contribution in [0.1, 0.15) is 26.3 Å². The van der Waals surface area contributed by atoms with Crippen LogP contribution < -0.4 is 0 Å². The van der Waals surface area contributed by atoms with E-state index in [-0.39, 0.29) is 11.2 Å². The Kier molecular flexibility index (Phi) is 4.20. The molecule has 2 aliphatic rings. The molecule has 0 aromatic heterocycles. The molecule has 4 heteroatoms. The maximum absolute atomic E-state index is 12.1. The summed E-state index contributed by atoms with van der Waals surface area (Å²) in [5.74, 6) is 1.18. The molecule has 1 heterocycles. The van der Waals surface area contributed by atoms with Gasteiger partial charge in [-0.05, 0) is 17.7 Å². The van der Waals surface area contributed by atoms with Crippen LogP contribution in [0.4, 0.5) is 0 Å². The van der Waals surface area contributed by atoms with E-state index in [1.54, 1.807) is 0 Å². The molecular weight excluding hydrogens is 304 g/mol. The van der Waals surface area contributed by atoms with Crippen LogP contribution in [0, 0.1) is 5.41 Å². The van der Waals surface area contributed by atoms with Crippen molar-refractivity contribution in [3.05, 3.63) is 65.0 Å². The van der Waals surface area contributed by atoms with Gasteiger partial charge in [0.05, 0.1) is 0 Å². The van der Waals surface area contributed by atoms with E-state index in [0.29, 0.717) is 11.3 Å². The third kappa shape index (κ3) is 2.83. The Hall–Kier alpha value is -2.17. The van der Waals surface area contributed by atoms with Crippen LogP contribution in [-0.2, 0) is 14.3 Å². The van der Waals surface area contributed by atoms with Crippen LogP contribution in [0.2, 0.25) is 0 Å². The number of aliphatic hydroxyl groups excluding tert-OH is 1. The van der Waals surface area contributed by atoms with Gasteiger partial charge in [-0.3, -0.25) is 4.79 Å². The molecule has 1 aliphatic carbocycles. The second-order valence-electron chi connectivity index (χ2n) is 7.07. The first-order valence-electron chi connectivity index (χ1n) is 7.99. The van der Waals surface area contributed by atoms with Gasteiger partial charge in [-0.1, -0.05) is 51.1 Å². The largest absolute Gasteiger partial charge is 0.461 e. The maximum atomic E-state index is 12.1. The summed E-state index contributed by atoms with van der Waals surface area (Å²) in [5.41, 5.74) is 1.97. The van der Waals surface area contributed by atoms with Gasteiger partial charge in [0, 0.05) is 23.7 Å². The maximum Gasteiger partial charge on any atom is 0.193 e. The van der Waals surface area contributed by atoms with Gasteiger partial charge in [-0.15, -0.1) is 0 Å². The van der Waals surface area contributed by atoms with Crippen molar-refractivity contribution >= 4 is 11.5 Å². The molecule has 1 aromatic carbocycles. The standard InChI is InChI=1S/C20H22O4/c1-20(2,3)15-11-13(16-17(21)18(22)19(16)23-4)10-14(24-15)12-8-6-5-7-9-12/h5-11,18-19,22H,1-4H3/b16-13-. The van der Waals surface area contributed by atoms with Crippen molar-refractivity contribution < 1.29 is 19.4 Å². The zero-order valence-electron chi connectivity index (χ0n) is 14.4. The van der Waals surface area contributed by atoms with E-state index in [1.807, 2.05) is 42.5 Å². The molecular formula is C20H22O4. The summed E-state index contributed by atoms with van der Waals surface area (Å²) in [7, 11) is 1.50. The first-order chi connectivity index (χ1) is 11.3. The van der Waals surface area contributed by atoms with E-state index < -0.39 is 12.2 Å². The highest BCUT2D eigenvalue weighted by Gasteiger charge is 2.46. The van der Waals surface area contributed by atoms with Gasteiger partial charge >= 0.3 is 0 Å². The van der Waals surface area contributed by atoms with Gasteiger partial charge in [-0.25, -0.2) is 0 Å². The molecule has 2 unspecified atom stereocenters. The average molecular weight is 326 g/mol. The molecule has 0 amide bonds. The predicted molar refractivity (Wildman–Crippen MR) is 91.9 cm³/mol. The first kappa shape index (κ1) is 16.7. The van der Waals surface area contributed by atoms with Crippen molar-refractivity contribution in [2.24, 2.45) is 5.41 Å². The summed E-state index contributed by atoms with van der Waals surface area (Å²) in [6, 6.07) is 9.75. The van der Waals surface area contributed by atoms with Crippen molar-refractivity contribution in [2.75, 3.05) is 7.11 Å². The van der Waals surface area contributed by atoms with Crippen LogP contribution in [0.15, 0.2) is 59.4 Å². The molecule has 24 heavy (non-hydrogen) atoms. The Morgan fingerprint density at radius 2 is 1.79 bits per heavy atom. The molecule has 0 radical (unpaired) electrons. The second kappa shape index (κ2) is 6.04. The fourth-order valence-corrected chi connectivity index (χ4v) is 2.82. The highest BCUT2D eigenvalue weighted by Crippen LogP contribution is 2.39. The molecule has 4 nitrogen and oxygen atoms in total. The number of aliphatic hydroxyl groups is 1. The number of Topliss-reactive ketones (excluding diaryl/α,β-unsaturated/α-hetero) is 1. The number of benzene rings is 1. The average Bonchev–Trinajstić information content (AvgIpc) is 2.58. The van der Waals surface area contributed by atoms with Gasteiger partial charge in [0.1, 0.15) is 23.7 Å². The number of ketones is 1. The molecule has 1 aliphatic heterocycles. The Balaban J connectivity index is 2.12. The monoisotopic (exact) mass is 326 g/mol. The summed E-state index contributed by atoms with van der Waals surface area (Å²) in [6.45, 7) is 6.17. The van der Waals surface area contributed by atoms with Gasteiger partial charge in [0.15, 0.2) is 5.78 Å². The first-order valence-corrected chi connectivity index (χ1v) is 7.99. The Morgan fingerprint density at radius 3 is 2.38 bits per heavy atom. The third-order valence-electron chi connectivity index (χ3n) is 4.26. The summed E-state index contributed by atoms with van der Waals surface area (Å²) in [5, 5.41) is 9.80. The van der Waals surface area contributed by atoms with Crippen LogP contribution >= 0.6 is 0 Å². The number of carbonyl (C=O) groups excluding carboxylic acids is 1. The molecule has 0 bridgehead atoms. The highest BCUT2D eigenvalue weighted by molar-refractivity contribution is 6.09. The molecule has 1 N–H and O–H groups in total. The number of hydrogen-bond acceptors (Lipinski definition) is 4. The molecule has 1 aromatic rings. The SMILES string of the molecule is COC1/C(=C2/C=C(c3ccccc3)OC(C(C)(C)C)=C2)C(=O)C1O. The van der Waals surface area contributed by atoms with Crippen LogP contribution in [0.25, 0.3) is 5.76 Å². The normalized spacial score (nSPS) is 27.1. The molecule has 0 saturated heterocycles. The second-order valence-corrected chi connectivity index (χ2v) is 7.07. The number of hydrogen-bond donors (Lipinski definition) is 1. The summed E-state index contributed by atoms with van der Waals surface area (Å²) >= 11 is 0. The summed E-state index contributed by atoms with van der Waals surface area (Å²) < 4.78 is 11.4. The lowest BCUT2D eigenvalue weighted by Crippen LogP contribution is -2.51. The zero-order valence-corrected chi connectivity index (χ0v) is 14.4. The zero-order chi connectivity index (χ0) is 17.5.